The Balaban J connectivity index is 2.01. The van der Waals surface area contributed by atoms with E-state index in [1.54, 1.807) is 25.3 Å². The maximum atomic E-state index is 13.3. The topological polar surface area (TPSA) is 68.0 Å². The highest BCUT2D eigenvalue weighted by atomic mass is 32.2. The first kappa shape index (κ1) is 15.2. The van der Waals surface area contributed by atoms with Gasteiger partial charge in [-0.3, -0.25) is 9.93 Å². The number of nitrogens with two attached hydrogens (primary N) is 1. The molecule has 1 aromatic heterocycles. The summed E-state index contributed by atoms with van der Waals surface area (Å²) in [5.74, 6) is -3.57. The van der Waals surface area contributed by atoms with Crippen LogP contribution >= 0.6 is 11.9 Å². The molecule has 1 aliphatic carbocycles. The van der Waals surface area contributed by atoms with Gasteiger partial charge in [0.05, 0.1) is 0 Å². The molecule has 0 aromatic carbocycles. The van der Waals surface area contributed by atoms with Gasteiger partial charge in [0.1, 0.15) is 5.03 Å². The zero-order valence-electron chi connectivity index (χ0n) is 11.1. The molecule has 0 spiro atoms. The largest absolute Gasteiger partial charge is 0.326 e. The summed E-state index contributed by atoms with van der Waals surface area (Å²) in [5, 5.41) is 8.74. The molecule has 1 aliphatic rings. The number of alkyl halides is 2. The highest BCUT2D eigenvalue weighted by Gasteiger charge is 2.41. The monoisotopic (exact) mass is 301 g/mol. The lowest BCUT2D eigenvalue weighted by Gasteiger charge is -2.33. The second kappa shape index (κ2) is 6.05. The van der Waals surface area contributed by atoms with E-state index >= 15 is 0 Å². The molecule has 1 saturated carbocycles. The third-order valence-electron chi connectivity index (χ3n) is 3.59. The summed E-state index contributed by atoms with van der Waals surface area (Å²) in [6.45, 7) is 1.70. The number of pyridine rings is 1. The van der Waals surface area contributed by atoms with Crippen LogP contribution in [0, 0.1) is 11.8 Å². The van der Waals surface area contributed by atoms with Crippen molar-refractivity contribution in [3.05, 3.63) is 18.3 Å². The predicted octanol–water partition coefficient (Wildman–Crippen LogP) is 3.06. The third kappa shape index (κ3) is 3.67. The molecule has 1 heterocycles. The van der Waals surface area contributed by atoms with Crippen molar-refractivity contribution >= 4 is 23.5 Å². The van der Waals surface area contributed by atoms with Crippen molar-refractivity contribution in [3.63, 3.8) is 0 Å². The van der Waals surface area contributed by atoms with Crippen LogP contribution in [0.4, 0.5) is 14.5 Å². The molecule has 4 nitrogen and oxygen atoms in total. The number of hydrogen-bond donors (Lipinski definition) is 2. The lowest BCUT2D eigenvalue weighted by Crippen LogP contribution is -2.37. The fraction of sp³-hybridized carbons (Fsp3) is 0.538. The van der Waals surface area contributed by atoms with Crippen LogP contribution in [0.25, 0.3) is 0 Å². The number of amides is 1. The molecular formula is C13H17F2N3OS. The number of carbonyl (C=O) groups is 1. The van der Waals surface area contributed by atoms with Crippen LogP contribution in [0.1, 0.15) is 26.2 Å². The second-order valence-corrected chi connectivity index (χ2v) is 5.83. The first-order valence-electron chi connectivity index (χ1n) is 6.43. The molecule has 0 radical (unpaired) electrons. The van der Waals surface area contributed by atoms with Gasteiger partial charge < -0.3 is 5.32 Å². The van der Waals surface area contributed by atoms with Crippen molar-refractivity contribution in [2.24, 2.45) is 17.0 Å². The van der Waals surface area contributed by atoms with Gasteiger partial charge in [0.2, 0.25) is 11.8 Å². The molecule has 2 atom stereocenters. The third-order valence-corrected chi connectivity index (χ3v) is 4.05. The normalized spacial score (nSPS) is 25.2. The van der Waals surface area contributed by atoms with Crippen molar-refractivity contribution < 1.29 is 13.6 Å². The molecule has 0 saturated heterocycles. The number of nitrogens with zero attached hydrogens (tertiary/aromatic N) is 1. The quantitative estimate of drug-likeness (QED) is 0.842. The number of nitrogens with one attached hydrogen (secondary N) is 1. The Morgan fingerprint density at radius 3 is 3.00 bits per heavy atom. The van der Waals surface area contributed by atoms with Crippen molar-refractivity contribution in [2.75, 3.05) is 5.32 Å². The van der Waals surface area contributed by atoms with Crippen LogP contribution in [0.5, 0.6) is 0 Å². The van der Waals surface area contributed by atoms with E-state index in [-0.39, 0.29) is 37.0 Å². The minimum Gasteiger partial charge on any atom is -0.326 e. The molecule has 2 rings (SSSR count). The van der Waals surface area contributed by atoms with E-state index < -0.39 is 5.92 Å². The smallest absolute Gasteiger partial charge is 0.248 e. The van der Waals surface area contributed by atoms with Gasteiger partial charge in [-0.15, -0.1) is 0 Å². The van der Waals surface area contributed by atoms with Crippen LogP contribution < -0.4 is 10.5 Å². The Kier molecular flexibility index (Phi) is 4.59. The molecule has 1 amide bonds. The van der Waals surface area contributed by atoms with Gasteiger partial charge in [0.25, 0.3) is 0 Å². The average Bonchev–Trinajstić information content (AvgIpc) is 2.37. The molecular weight excluding hydrogens is 284 g/mol. The van der Waals surface area contributed by atoms with E-state index in [9.17, 15) is 13.6 Å². The molecule has 20 heavy (non-hydrogen) atoms. The molecule has 110 valence electrons. The van der Waals surface area contributed by atoms with Crippen LogP contribution in [-0.2, 0) is 4.79 Å². The minimum absolute atomic E-state index is 0.212. The standard InChI is InChI=1S/C13H17F2N3OS/c1-8-7-13(14,15)4-2-10(8)12(19)18-9-3-5-17-11(6-9)20-16/h3,5-6,8,10H,2,4,7,16H2,1H3,(H,17,18,19)/t8-,10-/m1/s1. The first-order valence-corrected chi connectivity index (χ1v) is 7.31. The highest BCUT2D eigenvalue weighted by Crippen LogP contribution is 2.40. The van der Waals surface area contributed by atoms with Gasteiger partial charge >= 0.3 is 0 Å². The number of hydrogen-bond acceptors (Lipinski definition) is 4. The molecule has 1 fully saturated rings. The number of rotatable bonds is 3. The SMILES string of the molecule is C[C@@H]1CC(F)(F)CC[C@H]1C(=O)Nc1ccnc(SN)c1. The van der Waals surface area contributed by atoms with Crippen LogP contribution in [-0.4, -0.2) is 16.8 Å². The Labute approximate surface area is 120 Å². The Morgan fingerprint density at radius 2 is 2.35 bits per heavy atom. The molecule has 3 N–H and O–H groups in total. The number of aromatic nitrogens is 1. The summed E-state index contributed by atoms with van der Waals surface area (Å²) in [6, 6.07) is 3.31. The zero-order valence-corrected chi connectivity index (χ0v) is 11.9. The molecule has 0 bridgehead atoms. The van der Waals surface area contributed by atoms with E-state index in [0.29, 0.717) is 10.7 Å². The van der Waals surface area contributed by atoms with Gasteiger partial charge in [0.15, 0.2) is 0 Å². The maximum absolute atomic E-state index is 13.3. The lowest BCUT2D eigenvalue weighted by atomic mass is 9.78. The van der Waals surface area contributed by atoms with Crippen molar-refractivity contribution in [3.8, 4) is 0 Å². The van der Waals surface area contributed by atoms with Crippen LogP contribution in [0.15, 0.2) is 23.4 Å². The Morgan fingerprint density at radius 1 is 1.60 bits per heavy atom. The summed E-state index contributed by atoms with van der Waals surface area (Å²) in [4.78, 5) is 16.2. The maximum Gasteiger partial charge on any atom is 0.248 e. The lowest BCUT2D eigenvalue weighted by molar-refractivity contribution is -0.127. The van der Waals surface area contributed by atoms with Gasteiger partial charge in [-0.05, 0) is 36.4 Å². The molecule has 0 aliphatic heterocycles. The number of carbonyl (C=O) groups excluding carboxylic acids is 1. The fourth-order valence-corrected chi connectivity index (χ4v) is 2.86. The average molecular weight is 301 g/mol. The summed E-state index contributed by atoms with van der Waals surface area (Å²) >= 11 is 0.984. The fourth-order valence-electron chi connectivity index (χ4n) is 2.54. The number of anilines is 1. The summed E-state index contributed by atoms with van der Waals surface area (Å²) in [5.41, 5.74) is 0.586. The second-order valence-electron chi connectivity index (χ2n) is 5.17. The van der Waals surface area contributed by atoms with E-state index in [0.717, 1.165) is 11.9 Å². The van der Waals surface area contributed by atoms with Gasteiger partial charge in [-0.1, -0.05) is 6.92 Å². The molecule has 0 unspecified atom stereocenters. The predicted molar refractivity (Wildman–Crippen MR) is 74.4 cm³/mol. The molecule has 7 heteroatoms. The summed E-state index contributed by atoms with van der Waals surface area (Å²) in [6.07, 6.45) is 1.30. The van der Waals surface area contributed by atoms with Gasteiger partial charge in [-0.25, -0.2) is 13.8 Å². The Bertz CT molecular complexity index is 498. The zero-order chi connectivity index (χ0) is 14.8. The minimum atomic E-state index is -2.64. The van der Waals surface area contributed by atoms with Gasteiger partial charge in [0, 0.05) is 30.6 Å². The van der Waals surface area contributed by atoms with Gasteiger partial charge in [-0.2, -0.15) is 0 Å². The van der Waals surface area contributed by atoms with Crippen molar-refractivity contribution in [1.29, 1.82) is 0 Å². The van der Waals surface area contributed by atoms with Crippen LogP contribution in [0.2, 0.25) is 0 Å². The van der Waals surface area contributed by atoms with E-state index in [2.05, 4.69) is 10.3 Å². The molecule has 1 aromatic rings. The highest BCUT2D eigenvalue weighted by molar-refractivity contribution is 7.97. The van der Waals surface area contributed by atoms with Crippen LogP contribution in [0.3, 0.4) is 0 Å². The van der Waals surface area contributed by atoms with Crippen molar-refractivity contribution in [1.82, 2.24) is 4.98 Å². The summed E-state index contributed by atoms with van der Waals surface area (Å²) < 4.78 is 26.5. The Hall–Kier alpha value is -1.21. The number of halogens is 2. The van der Waals surface area contributed by atoms with E-state index in [1.807, 2.05) is 0 Å². The van der Waals surface area contributed by atoms with E-state index in [4.69, 9.17) is 5.14 Å². The first-order chi connectivity index (χ1) is 9.41. The van der Waals surface area contributed by atoms with Crippen molar-refractivity contribution in [2.45, 2.75) is 37.1 Å². The van der Waals surface area contributed by atoms with E-state index in [1.165, 1.54) is 0 Å². The summed E-state index contributed by atoms with van der Waals surface area (Å²) in [7, 11) is 0.